The second-order valence-corrected chi connectivity index (χ2v) is 5.12. The number of nitrogens with zero attached hydrogens (tertiary/aromatic N) is 1. The molecule has 0 spiro atoms. The third-order valence-corrected chi connectivity index (χ3v) is 3.68. The van der Waals surface area contributed by atoms with E-state index in [4.69, 9.17) is 5.11 Å². The van der Waals surface area contributed by atoms with E-state index in [0.717, 1.165) is 23.1 Å². The van der Waals surface area contributed by atoms with E-state index in [-0.39, 0.29) is 24.9 Å². The van der Waals surface area contributed by atoms with Crippen LogP contribution in [0.2, 0.25) is 0 Å². The molecule has 120 valence electrons. The number of carboxylic acid groups (broad SMARTS) is 2. The van der Waals surface area contributed by atoms with Gasteiger partial charge in [-0.05, 0) is 43.0 Å². The smallest absolute Gasteiger partial charge is 0.416 e. The topological polar surface area (TPSA) is 77.8 Å². The number of alkyl halides is 3. The number of carboxylic acids is 1. The molecule has 0 radical (unpaired) electrons. The summed E-state index contributed by atoms with van der Waals surface area (Å²) in [6, 6.07) is 2.39. The van der Waals surface area contributed by atoms with Gasteiger partial charge >= 0.3 is 18.2 Å². The highest BCUT2D eigenvalue weighted by molar-refractivity contribution is 5.88. The molecular weight excluding hydrogens is 303 g/mol. The first-order valence-corrected chi connectivity index (χ1v) is 6.64. The number of amides is 1. The van der Waals surface area contributed by atoms with Crippen molar-refractivity contribution in [3.63, 3.8) is 0 Å². The standard InChI is InChI=1S/C14H14F3NO4/c15-14(16,17)9-2-5-11-8(7-9)1-3-10(4-6-12(19)20)18(11)13(21)22/h2,5,7,10H,1,3-4,6H2,(H,19,20)(H,21,22). The van der Waals surface area contributed by atoms with Crippen molar-refractivity contribution in [1.82, 2.24) is 0 Å². The molecule has 0 bridgehead atoms. The minimum Gasteiger partial charge on any atom is -0.481 e. The van der Waals surface area contributed by atoms with Crippen molar-refractivity contribution in [1.29, 1.82) is 0 Å². The van der Waals surface area contributed by atoms with Gasteiger partial charge in [0, 0.05) is 12.5 Å². The lowest BCUT2D eigenvalue weighted by atomic mass is 9.92. The number of halogens is 3. The first-order chi connectivity index (χ1) is 10.2. The van der Waals surface area contributed by atoms with E-state index in [2.05, 4.69) is 0 Å². The van der Waals surface area contributed by atoms with Gasteiger partial charge in [0.05, 0.1) is 11.3 Å². The molecule has 0 fully saturated rings. The Labute approximate surface area is 124 Å². The molecule has 22 heavy (non-hydrogen) atoms. The van der Waals surface area contributed by atoms with Crippen LogP contribution < -0.4 is 4.90 Å². The zero-order chi connectivity index (χ0) is 16.5. The molecule has 5 nitrogen and oxygen atoms in total. The van der Waals surface area contributed by atoms with E-state index in [1.54, 1.807) is 0 Å². The molecule has 0 aromatic heterocycles. The highest BCUT2D eigenvalue weighted by Gasteiger charge is 2.35. The predicted octanol–water partition coefficient (Wildman–Crippen LogP) is 3.37. The Morgan fingerprint density at radius 1 is 1.27 bits per heavy atom. The van der Waals surface area contributed by atoms with Crippen LogP contribution in [-0.2, 0) is 17.4 Å². The number of anilines is 1. The fourth-order valence-electron chi connectivity index (χ4n) is 2.67. The van der Waals surface area contributed by atoms with Crippen molar-refractivity contribution in [3.8, 4) is 0 Å². The van der Waals surface area contributed by atoms with Gasteiger partial charge in [-0.1, -0.05) is 0 Å². The SMILES string of the molecule is O=C(O)CCC1CCc2cc(C(F)(F)F)ccc2N1C(=O)O. The maximum Gasteiger partial charge on any atom is 0.416 e. The minimum atomic E-state index is -4.48. The highest BCUT2D eigenvalue weighted by Crippen LogP contribution is 2.37. The van der Waals surface area contributed by atoms with E-state index < -0.39 is 29.8 Å². The Morgan fingerprint density at radius 3 is 2.50 bits per heavy atom. The summed E-state index contributed by atoms with van der Waals surface area (Å²) >= 11 is 0. The largest absolute Gasteiger partial charge is 0.481 e. The van der Waals surface area contributed by atoms with Gasteiger partial charge in [0.1, 0.15) is 0 Å². The summed E-state index contributed by atoms with van der Waals surface area (Å²) in [5.41, 5.74) is -0.313. The molecule has 2 N–H and O–H groups in total. The average molecular weight is 317 g/mol. The van der Waals surface area contributed by atoms with Gasteiger partial charge < -0.3 is 10.2 Å². The molecule has 0 saturated carbocycles. The molecule has 0 aliphatic carbocycles. The summed E-state index contributed by atoms with van der Waals surface area (Å²) in [7, 11) is 0. The Balaban J connectivity index is 2.33. The first-order valence-electron chi connectivity index (χ1n) is 6.64. The molecule has 1 amide bonds. The second kappa shape index (κ2) is 5.86. The molecule has 8 heteroatoms. The maximum atomic E-state index is 12.7. The number of hydrogen-bond donors (Lipinski definition) is 2. The van der Waals surface area contributed by atoms with E-state index in [9.17, 15) is 27.9 Å². The maximum absolute atomic E-state index is 12.7. The van der Waals surface area contributed by atoms with Crippen LogP contribution >= 0.6 is 0 Å². The summed E-state index contributed by atoms with van der Waals surface area (Å²) in [6.45, 7) is 0. The van der Waals surface area contributed by atoms with Crippen molar-refractivity contribution >= 4 is 17.7 Å². The van der Waals surface area contributed by atoms with Gasteiger partial charge in [-0.2, -0.15) is 13.2 Å². The average Bonchev–Trinajstić information content (AvgIpc) is 2.42. The summed E-state index contributed by atoms with van der Waals surface area (Å²) in [6.07, 6.45) is -5.26. The highest BCUT2D eigenvalue weighted by atomic mass is 19.4. The summed E-state index contributed by atoms with van der Waals surface area (Å²) in [5, 5.41) is 18.0. The molecular formula is C14H14F3NO4. The van der Waals surface area contributed by atoms with Crippen molar-refractivity contribution in [2.45, 2.75) is 37.9 Å². The zero-order valence-electron chi connectivity index (χ0n) is 11.4. The van der Waals surface area contributed by atoms with E-state index in [1.807, 2.05) is 0 Å². The molecule has 1 heterocycles. The lowest BCUT2D eigenvalue weighted by Crippen LogP contribution is -2.43. The van der Waals surface area contributed by atoms with E-state index in [1.165, 1.54) is 0 Å². The van der Waals surface area contributed by atoms with E-state index >= 15 is 0 Å². The Morgan fingerprint density at radius 2 is 1.95 bits per heavy atom. The molecule has 2 rings (SSSR count). The van der Waals surface area contributed by atoms with Crippen LogP contribution in [0.4, 0.5) is 23.7 Å². The van der Waals surface area contributed by atoms with Gasteiger partial charge in [-0.3, -0.25) is 9.69 Å². The van der Waals surface area contributed by atoms with Crippen molar-refractivity contribution < 1.29 is 33.0 Å². The molecule has 1 atom stereocenters. The van der Waals surface area contributed by atoms with Crippen LogP contribution in [-0.4, -0.2) is 28.3 Å². The molecule has 1 unspecified atom stereocenters. The number of hydrogen-bond acceptors (Lipinski definition) is 2. The summed E-state index contributed by atoms with van der Waals surface area (Å²) < 4.78 is 38.1. The first kappa shape index (κ1) is 16.1. The third-order valence-electron chi connectivity index (χ3n) is 3.68. The van der Waals surface area contributed by atoms with Crippen molar-refractivity contribution in [3.05, 3.63) is 29.3 Å². The Kier molecular flexibility index (Phi) is 4.30. The van der Waals surface area contributed by atoms with Crippen LogP contribution in [0.1, 0.15) is 30.4 Å². The lowest BCUT2D eigenvalue weighted by molar-refractivity contribution is -0.138. The van der Waals surface area contributed by atoms with Crippen LogP contribution in [0.5, 0.6) is 0 Å². The molecule has 0 saturated heterocycles. The number of rotatable bonds is 3. The second-order valence-electron chi connectivity index (χ2n) is 5.12. The summed E-state index contributed by atoms with van der Waals surface area (Å²) in [5.74, 6) is -1.04. The van der Waals surface area contributed by atoms with Crippen LogP contribution in [0.3, 0.4) is 0 Å². The third kappa shape index (κ3) is 3.32. The minimum absolute atomic E-state index is 0.127. The normalized spacial score (nSPS) is 18.0. The number of aryl methyl sites for hydroxylation is 1. The fourth-order valence-corrected chi connectivity index (χ4v) is 2.67. The lowest BCUT2D eigenvalue weighted by Gasteiger charge is -2.35. The predicted molar refractivity (Wildman–Crippen MR) is 70.9 cm³/mol. The van der Waals surface area contributed by atoms with Gasteiger partial charge in [-0.15, -0.1) is 0 Å². The fraction of sp³-hybridized carbons (Fsp3) is 0.429. The zero-order valence-corrected chi connectivity index (χ0v) is 11.4. The number of aliphatic carboxylic acids is 1. The number of carbonyl (C=O) groups is 2. The van der Waals surface area contributed by atoms with Gasteiger partial charge in [-0.25, -0.2) is 4.79 Å². The molecule has 1 aliphatic heterocycles. The summed E-state index contributed by atoms with van der Waals surface area (Å²) in [4.78, 5) is 23.0. The quantitative estimate of drug-likeness (QED) is 0.896. The number of fused-ring (bicyclic) bond motifs is 1. The van der Waals surface area contributed by atoms with Gasteiger partial charge in [0.15, 0.2) is 0 Å². The number of benzene rings is 1. The monoisotopic (exact) mass is 317 g/mol. The van der Waals surface area contributed by atoms with Crippen molar-refractivity contribution in [2.75, 3.05) is 4.90 Å². The van der Waals surface area contributed by atoms with Gasteiger partial charge in [0.25, 0.3) is 0 Å². The van der Waals surface area contributed by atoms with Gasteiger partial charge in [0.2, 0.25) is 0 Å². The molecule has 1 aliphatic rings. The Hall–Kier alpha value is -2.25. The van der Waals surface area contributed by atoms with Crippen LogP contribution in [0.25, 0.3) is 0 Å². The molecule has 1 aromatic rings. The van der Waals surface area contributed by atoms with Crippen molar-refractivity contribution in [2.24, 2.45) is 0 Å². The molecule has 1 aromatic carbocycles. The Bertz CT molecular complexity index is 600. The van der Waals surface area contributed by atoms with Crippen LogP contribution in [0.15, 0.2) is 18.2 Å². The van der Waals surface area contributed by atoms with E-state index in [0.29, 0.717) is 12.0 Å². The van der Waals surface area contributed by atoms with Crippen LogP contribution in [0, 0.1) is 0 Å².